The third-order valence-electron chi connectivity index (χ3n) is 2.48. The standard InChI is InChI=1S/C11H10BrClN4O/c1-7(18)16(2)10-6-17(15-11(10)12)9-5-14-4-3-8(9)13/h3-6H,1-2H3. The quantitative estimate of drug-likeness (QED) is 0.851. The van der Waals surface area contributed by atoms with Crippen LogP contribution in [0.1, 0.15) is 6.92 Å². The molecule has 0 N–H and O–H groups in total. The number of carbonyl (C=O) groups is 1. The Balaban J connectivity index is 2.47. The number of hydrogen-bond acceptors (Lipinski definition) is 3. The van der Waals surface area contributed by atoms with E-state index in [1.54, 1.807) is 36.4 Å². The molecule has 0 spiro atoms. The molecular weight excluding hydrogens is 320 g/mol. The van der Waals surface area contributed by atoms with Gasteiger partial charge in [0.25, 0.3) is 0 Å². The van der Waals surface area contributed by atoms with Crippen LogP contribution >= 0.6 is 27.5 Å². The molecule has 0 unspecified atom stereocenters. The number of carbonyl (C=O) groups excluding carboxylic acids is 1. The Labute approximate surface area is 118 Å². The Bertz CT molecular complexity index is 598. The average molecular weight is 330 g/mol. The smallest absolute Gasteiger partial charge is 0.223 e. The van der Waals surface area contributed by atoms with E-state index in [9.17, 15) is 4.79 Å². The van der Waals surface area contributed by atoms with E-state index in [-0.39, 0.29) is 5.91 Å². The molecule has 0 bridgehead atoms. The summed E-state index contributed by atoms with van der Waals surface area (Å²) in [5, 5.41) is 4.80. The van der Waals surface area contributed by atoms with Crippen molar-refractivity contribution < 1.29 is 4.79 Å². The van der Waals surface area contributed by atoms with Crippen molar-refractivity contribution in [3.63, 3.8) is 0 Å². The molecule has 2 aromatic rings. The lowest BCUT2D eigenvalue weighted by atomic mass is 10.4. The number of halogens is 2. The fourth-order valence-electron chi connectivity index (χ4n) is 1.40. The molecule has 0 radical (unpaired) electrons. The van der Waals surface area contributed by atoms with Crippen LogP contribution in [0.2, 0.25) is 5.02 Å². The van der Waals surface area contributed by atoms with Gasteiger partial charge in [-0.15, -0.1) is 0 Å². The van der Waals surface area contributed by atoms with Crippen LogP contribution in [0, 0.1) is 0 Å². The Morgan fingerprint density at radius 2 is 2.28 bits per heavy atom. The third kappa shape index (κ3) is 2.39. The Kier molecular flexibility index (Phi) is 3.68. The molecule has 0 fully saturated rings. The van der Waals surface area contributed by atoms with E-state index in [2.05, 4.69) is 26.0 Å². The van der Waals surface area contributed by atoms with Crippen LogP contribution in [0.4, 0.5) is 5.69 Å². The summed E-state index contributed by atoms with van der Waals surface area (Å²) in [6.07, 6.45) is 4.93. The minimum Gasteiger partial charge on any atom is -0.312 e. The summed E-state index contributed by atoms with van der Waals surface area (Å²) < 4.78 is 2.15. The Morgan fingerprint density at radius 3 is 2.89 bits per heavy atom. The summed E-state index contributed by atoms with van der Waals surface area (Å²) in [5.74, 6) is -0.0764. The molecule has 0 saturated heterocycles. The van der Waals surface area contributed by atoms with Crippen molar-refractivity contribution in [1.82, 2.24) is 14.8 Å². The van der Waals surface area contributed by atoms with Gasteiger partial charge in [-0.2, -0.15) is 5.10 Å². The summed E-state index contributed by atoms with van der Waals surface area (Å²) >= 11 is 9.38. The summed E-state index contributed by atoms with van der Waals surface area (Å²) in [6, 6.07) is 1.68. The highest BCUT2D eigenvalue weighted by atomic mass is 79.9. The summed E-state index contributed by atoms with van der Waals surface area (Å²) in [6.45, 7) is 1.49. The fraction of sp³-hybridized carbons (Fsp3) is 0.182. The lowest BCUT2D eigenvalue weighted by molar-refractivity contribution is -0.116. The number of amides is 1. The van der Waals surface area contributed by atoms with Crippen molar-refractivity contribution in [1.29, 1.82) is 0 Å². The van der Waals surface area contributed by atoms with Gasteiger partial charge in [-0.05, 0) is 22.0 Å². The van der Waals surface area contributed by atoms with Gasteiger partial charge in [-0.1, -0.05) is 11.6 Å². The predicted molar refractivity (Wildman–Crippen MR) is 73.2 cm³/mol. The van der Waals surface area contributed by atoms with Crippen LogP contribution in [0.15, 0.2) is 29.3 Å². The Hall–Kier alpha value is -1.40. The fourth-order valence-corrected chi connectivity index (χ4v) is 2.13. The van der Waals surface area contributed by atoms with Crippen LogP contribution in [-0.2, 0) is 4.79 Å². The summed E-state index contributed by atoms with van der Waals surface area (Å²) in [5.41, 5.74) is 1.32. The van der Waals surface area contributed by atoms with Gasteiger partial charge in [0, 0.05) is 20.2 Å². The number of pyridine rings is 1. The van der Waals surface area contributed by atoms with E-state index in [1.807, 2.05) is 0 Å². The van der Waals surface area contributed by atoms with E-state index in [4.69, 9.17) is 11.6 Å². The summed E-state index contributed by atoms with van der Waals surface area (Å²) in [7, 11) is 1.68. The van der Waals surface area contributed by atoms with Gasteiger partial charge < -0.3 is 4.90 Å². The molecule has 0 aliphatic heterocycles. The monoisotopic (exact) mass is 328 g/mol. The Morgan fingerprint density at radius 1 is 1.56 bits per heavy atom. The van der Waals surface area contributed by atoms with Crippen LogP contribution in [0.5, 0.6) is 0 Å². The van der Waals surface area contributed by atoms with E-state index >= 15 is 0 Å². The maximum absolute atomic E-state index is 11.3. The first-order chi connectivity index (χ1) is 8.50. The van der Waals surface area contributed by atoms with Crippen LogP contribution < -0.4 is 4.90 Å². The highest BCUT2D eigenvalue weighted by molar-refractivity contribution is 9.10. The van der Waals surface area contributed by atoms with Crippen molar-refractivity contribution in [3.05, 3.63) is 34.3 Å². The molecule has 0 atom stereocenters. The number of hydrogen-bond donors (Lipinski definition) is 0. The minimum atomic E-state index is -0.0764. The number of nitrogens with zero attached hydrogens (tertiary/aromatic N) is 4. The highest BCUT2D eigenvalue weighted by Crippen LogP contribution is 2.27. The summed E-state index contributed by atoms with van der Waals surface area (Å²) in [4.78, 5) is 16.8. The molecule has 0 aliphatic carbocycles. The number of rotatable bonds is 2. The molecule has 5 nitrogen and oxygen atoms in total. The molecule has 0 aliphatic rings. The molecule has 18 heavy (non-hydrogen) atoms. The van der Waals surface area contributed by atoms with Crippen molar-refractivity contribution in [3.8, 4) is 5.69 Å². The molecule has 0 aromatic carbocycles. The van der Waals surface area contributed by atoms with Gasteiger partial charge in [0.2, 0.25) is 5.91 Å². The van der Waals surface area contributed by atoms with Crippen LogP contribution in [0.3, 0.4) is 0 Å². The first kappa shape index (κ1) is 13.0. The minimum absolute atomic E-state index is 0.0764. The van der Waals surface area contributed by atoms with Crippen molar-refractivity contribution in [2.75, 3.05) is 11.9 Å². The van der Waals surface area contributed by atoms with E-state index in [1.165, 1.54) is 11.8 Å². The number of aromatic nitrogens is 3. The second kappa shape index (κ2) is 5.07. The highest BCUT2D eigenvalue weighted by Gasteiger charge is 2.15. The lowest BCUT2D eigenvalue weighted by Gasteiger charge is -2.11. The van der Waals surface area contributed by atoms with Gasteiger partial charge >= 0.3 is 0 Å². The van der Waals surface area contributed by atoms with Crippen LogP contribution in [-0.4, -0.2) is 27.7 Å². The zero-order chi connectivity index (χ0) is 13.3. The first-order valence-corrected chi connectivity index (χ1v) is 6.27. The van der Waals surface area contributed by atoms with Crippen molar-refractivity contribution >= 4 is 39.1 Å². The topological polar surface area (TPSA) is 51.0 Å². The molecule has 2 aromatic heterocycles. The third-order valence-corrected chi connectivity index (χ3v) is 3.36. The molecular formula is C11H10BrClN4O. The average Bonchev–Trinajstić information content (AvgIpc) is 2.70. The van der Waals surface area contributed by atoms with Crippen molar-refractivity contribution in [2.45, 2.75) is 6.92 Å². The normalized spacial score (nSPS) is 10.4. The maximum Gasteiger partial charge on any atom is 0.223 e. The predicted octanol–water partition coefficient (Wildman–Crippen LogP) is 2.67. The maximum atomic E-state index is 11.3. The first-order valence-electron chi connectivity index (χ1n) is 5.10. The molecule has 94 valence electrons. The van der Waals surface area contributed by atoms with Gasteiger partial charge in [0.15, 0.2) is 4.60 Å². The second-order valence-electron chi connectivity index (χ2n) is 3.65. The van der Waals surface area contributed by atoms with Gasteiger partial charge in [0.05, 0.1) is 23.1 Å². The molecule has 0 saturated carbocycles. The lowest BCUT2D eigenvalue weighted by Crippen LogP contribution is -2.22. The zero-order valence-corrected chi connectivity index (χ0v) is 12.1. The largest absolute Gasteiger partial charge is 0.312 e. The second-order valence-corrected chi connectivity index (χ2v) is 4.81. The molecule has 7 heteroatoms. The van der Waals surface area contributed by atoms with E-state index in [0.29, 0.717) is 21.0 Å². The SMILES string of the molecule is CC(=O)N(C)c1cn(-c2cnccc2Cl)nc1Br. The van der Waals surface area contributed by atoms with Gasteiger partial charge in [-0.25, -0.2) is 4.68 Å². The van der Waals surface area contributed by atoms with E-state index < -0.39 is 0 Å². The molecule has 2 heterocycles. The molecule has 2 rings (SSSR count). The number of anilines is 1. The zero-order valence-electron chi connectivity index (χ0n) is 9.76. The molecule has 1 amide bonds. The van der Waals surface area contributed by atoms with Gasteiger partial charge in [0.1, 0.15) is 5.69 Å². The van der Waals surface area contributed by atoms with Gasteiger partial charge in [-0.3, -0.25) is 9.78 Å². The van der Waals surface area contributed by atoms with E-state index in [0.717, 1.165) is 0 Å². The van der Waals surface area contributed by atoms with Crippen molar-refractivity contribution in [2.24, 2.45) is 0 Å². The van der Waals surface area contributed by atoms with Crippen LogP contribution in [0.25, 0.3) is 5.69 Å².